The molecule has 1 fully saturated rings. The maximum absolute atomic E-state index is 5.94. The van der Waals surface area contributed by atoms with Crippen LogP contribution in [0, 0.1) is 13.8 Å². The van der Waals surface area contributed by atoms with Crippen molar-refractivity contribution in [2.45, 2.75) is 33.9 Å². The molecule has 1 aliphatic heterocycles. The molecule has 0 amide bonds. The van der Waals surface area contributed by atoms with Crippen molar-refractivity contribution in [3.8, 4) is 5.75 Å². The lowest BCUT2D eigenvalue weighted by Gasteiger charge is -2.26. The number of rotatable bonds is 9. The van der Waals surface area contributed by atoms with Crippen LogP contribution in [-0.4, -0.2) is 61.8 Å². The van der Waals surface area contributed by atoms with E-state index < -0.39 is 0 Å². The molecule has 1 aromatic carbocycles. The van der Waals surface area contributed by atoms with Crippen LogP contribution in [0.4, 0.5) is 0 Å². The second-order valence-corrected chi connectivity index (χ2v) is 7.25. The van der Waals surface area contributed by atoms with Gasteiger partial charge in [-0.1, -0.05) is 12.1 Å². The monoisotopic (exact) mass is 543 g/mol. The van der Waals surface area contributed by atoms with Crippen molar-refractivity contribution in [3.05, 3.63) is 47.2 Å². The van der Waals surface area contributed by atoms with E-state index in [1.165, 1.54) is 0 Å². The van der Waals surface area contributed by atoms with Crippen molar-refractivity contribution in [3.63, 3.8) is 0 Å². The van der Waals surface area contributed by atoms with Gasteiger partial charge in [-0.2, -0.15) is 0 Å². The van der Waals surface area contributed by atoms with Crippen LogP contribution in [0.15, 0.2) is 33.7 Å². The molecule has 0 spiro atoms. The van der Waals surface area contributed by atoms with Crippen molar-refractivity contribution in [2.75, 3.05) is 46.0 Å². The molecule has 0 radical (unpaired) electrons. The maximum Gasteiger partial charge on any atom is 0.214 e. The summed E-state index contributed by atoms with van der Waals surface area (Å²) in [6, 6.07) is 8.10. The van der Waals surface area contributed by atoms with Crippen molar-refractivity contribution >= 4 is 29.9 Å². The number of nitrogens with zero attached hydrogens (tertiary/aromatic N) is 3. The van der Waals surface area contributed by atoms with Crippen LogP contribution in [-0.2, 0) is 17.8 Å². The Bertz CT molecular complexity index is 802. The molecule has 172 valence electrons. The molecule has 0 bridgehead atoms. The lowest BCUT2D eigenvalue weighted by Crippen LogP contribution is -2.38. The van der Waals surface area contributed by atoms with Gasteiger partial charge in [0.25, 0.3) is 0 Å². The molecular weight excluding hydrogens is 509 g/mol. The van der Waals surface area contributed by atoms with Gasteiger partial charge in [0.2, 0.25) is 5.89 Å². The average Bonchev–Trinajstić information content (AvgIpc) is 3.08. The molecule has 2 aromatic rings. The molecule has 1 aliphatic rings. The Hall–Kier alpha value is -1.85. The lowest BCUT2D eigenvalue weighted by molar-refractivity contribution is 0.0322. The van der Waals surface area contributed by atoms with E-state index in [1.807, 2.05) is 39.0 Å². The van der Waals surface area contributed by atoms with E-state index in [4.69, 9.17) is 13.9 Å². The van der Waals surface area contributed by atoms with Gasteiger partial charge >= 0.3 is 0 Å². The van der Waals surface area contributed by atoms with Crippen molar-refractivity contribution in [2.24, 2.45) is 4.99 Å². The van der Waals surface area contributed by atoms with Crippen molar-refractivity contribution in [1.29, 1.82) is 0 Å². The van der Waals surface area contributed by atoms with Crippen molar-refractivity contribution in [1.82, 2.24) is 20.5 Å². The fourth-order valence-electron chi connectivity index (χ4n) is 3.14. The molecule has 0 unspecified atom stereocenters. The first-order valence-electron chi connectivity index (χ1n) is 10.6. The summed E-state index contributed by atoms with van der Waals surface area (Å²) >= 11 is 0. The minimum Gasteiger partial charge on any atom is -0.492 e. The minimum absolute atomic E-state index is 0. The number of aromatic nitrogens is 1. The lowest BCUT2D eigenvalue weighted by atomic mass is 10.2. The Morgan fingerprint density at radius 3 is 2.74 bits per heavy atom. The molecule has 0 saturated carbocycles. The number of aryl methyl sites for hydroxylation is 2. The largest absolute Gasteiger partial charge is 0.492 e. The third-order valence-corrected chi connectivity index (χ3v) is 4.92. The van der Waals surface area contributed by atoms with Crippen LogP contribution < -0.4 is 15.4 Å². The molecule has 31 heavy (non-hydrogen) atoms. The van der Waals surface area contributed by atoms with E-state index in [0.29, 0.717) is 25.6 Å². The zero-order valence-corrected chi connectivity index (χ0v) is 21.0. The highest BCUT2D eigenvalue weighted by Crippen LogP contribution is 2.14. The molecule has 1 aromatic heterocycles. The SMILES string of the molecule is CCNC(=NCc1cccc(OCCN2CCOCC2)c1)NCc1nc(C)c(C)o1.I. The topological polar surface area (TPSA) is 84.2 Å². The number of halogens is 1. The first kappa shape index (κ1) is 25.4. The molecule has 1 saturated heterocycles. The Morgan fingerprint density at radius 1 is 1.23 bits per heavy atom. The van der Waals surface area contributed by atoms with Gasteiger partial charge in [0.1, 0.15) is 18.1 Å². The van der Waals surface area contributed by atoms with Crippen LogP contribution in [0.5, 0.6) is 5.75 Å². The number of hydrogen-bond donors (Lipinski definition) is 2. The molecule has 3 rings (SSSR count). The molecule has 8 nitrogen and oxygen atoms in total. The Labute approximate surface area is 201 Å². The minimum atomic E-state index is 0. The zero-order chi connectivity index (χ0) is 21.2. The first-order valence-corrected chi connectivity index (χ1v) is 10.6. The van der Waals surface area contributed by atoms with Crippen LogP contribution in [0.2, 0.25) is 0 Å². The number of ether oxygens (including phenoxy) is 2. The predicted octanol–water partition coefficient (Wildman–Crippen LogP) is 2.88. The zero-order valence-electron chi connectivity index (χ0n) is 18.6. The highest BCUT2D eigenvalue weighted by Gasteiger charge is 2.10. The van der Waals surface area contributed by atoms with Gasteiger partial charge in [-0.3, -0.25) is 4.90 Å². The van der Waals surface area contributed by atoms with Gasteiger partial charge < -0.3 is 24.5 Å². The third-order valence-electron chi connectivity index (χ3n) is 4.92. The predicted molar refractivity (Wildman–Crippen MR) is 132 cm³/mol. The standard InChI is InChI=1S/C22H33N5O3.HI/c1-4-23-22(25-16-21-26-17(2)18(3)30-21)24-15-19-6-5-7-20(14-19)29-13-10-27-8-11-28-12-9-27;/h5-7,14H,4,8-13,15-16H2,1-3H3,(H2,23,24,25);1H. The van der Waals surface area contributed by atoms with E-state index in [9.17, 15) is 0 Å². The van der Waals surface area contributed by atoms with Gasteiger partial charge in [0.05, 0.1) is 32.0 Å². The number of guanidine groups is 1. The van der Waals surface area contributed by atoms with E-state index >= 15 is 0 Å². The summed E-state index contributed by atoms with van der Waals surface area (Å²) in [5.41, 5.74) is 2.01. The summed E-state index contributed by atoms with van der Waals surface area (Å²) in [6.45, 7) is 12.9. The number of aliphatic imine (C=N–C) groups is 1. The van der Waals surface area contributed by atoms with E-state index in [-0.39, 0.29) is 24.0 Å². The number of benzene rings is 1. The van der Waals surface area contributed by atoms with E-state index in [0.717, 1.165) is 68.1 Å². The summed E-state index contributed by atoms with van der Waals surface area (Å²) in [7, 11) is 0. The quantitative estimate of drug-likeness (QED) is 0.286. The Morgan fingerprint density at radius 2 is 2.03 bits per heavy atom. The number of nitrogens with one attached hydrogen (secondary N) is 2. The highest BCUT2D eigenvalue weighted by atomic mass is 127. The molecule has 2 heterocycles. The van der Waals surface area contributed by atoms with Gasteiger partial charge in [0.15, 0.2) is 5.96 Å². The molecule has 9 heteroatoms. The normalized spacial score (nSPS) is 14.7. The Kier molecular flexibility index (Phi) is 11.1. The summed E-state index contributed by atoms with van der Waals surface area (Å²) in [5, 5.41) is 6.52. The average molecular weight is 543 g/mol. The fourth-order valence-corrected chi connectivity index (χ4v) is 3.14. The van der Waals surface area contributed by atoms with Gasteiger partial charge in [0, 0.05) is 26.2 Å². The van der Waals surface area contributed by atoms with Gasteiger partial charge in [-0.15, -0.1) is 24.0 Å². The summed E-state index contributed by atoms with van der Waals surface area (Å²) < 4.78 is 16.9. The van der Waals surface area contributed by atoms with Crippen LogP contribution in [0.1, 0.15) is 29.8 Å². The second kappa shape index (κ2) is 13.5. The van der Waals surface area contributed by atoms with Gasteiger partial charge in [-0.25, -0.2) is 9.98 Å². The first-order chi connectivity index (χ1) is 14.6. The molecule has 2 N–H and O–H groups in total. The second-order valence-electron chi connectivity index (χ2n) is 7.25. The molecule has 0 aliphatic carbocycles. The smallest absolute Gasteiger partial charge is 0.214 e. The van der Waals surface area contributed by atoms with Crippen LogP contribution in [0.25, 0.3) is 0 Å². The molecular formula is C22H34IN5O3. The van der Waals surface area contributed by atoms with Crippen molar-refractivity contribution < 1.29 is 13.9 Å². The summed E-state index contributed by atoms with van der Waals surface area (Å²) in [6.07, 6.45) is 0. The Balaban J connectivity index is 0.00000341. The fraction of sp³-hybridized carbons (Fsp3) is 0.545. The summed E-state index contributed by atoms with van der Waals surface area (Å²) in [4.78, 5) is 11.4. The van der Waals surface area contributed by atoms with E-state index in [1.54, 1.807) is 0 Å². The van der Waals surface area contributed by atoms with E-state index in [2.05, 4.69) is 31.6 Å². The summed E-state index contributed by atoms with van der Waals surface area (Å²) in [5.74, 6) is 3.11. The van der Waals surface area contributed by atoms with Crippen LogP contribution in [0.3, 0.4) is 0 Å². The number of morpholine rings is 1. The maximum atomic E-state index is 5.94. The number of oxazole rings is 1. The molecule has 0 atom stereocenters. The number of hydrogen-bond acceptors (Lipinski definition) is 6. The van der Waals surface area contributed by atoms with Gasteiger partial charge in [-0.05, 0) is 38.5 Å². The third kappa shape index (κ3) is 8.66. The van der Waals surface area contributed by atoms with Crippen LogP contribution >= 0.6 is 24.0 Å². The highest BCUT2D eigenvalue weighted by molar-refractivity contribution is 14.0.